The van der Waals surface area contributed by atoms with Gasteiger partial charge in [0.25, 0.3) is 5.91 Å². The van der Waals surface area contributed by atoms with Gasteiger partial charge in [-0.3, -0.25) is 9.59 Å². The van der Waals surface area contributed by atoms with Crippen LogP contribution in [0.5, 0.6) is 0 Å². The first kappa shape index (κ1) is 17.9. The van der Waals surface area contributed by atoms with E-state index in [4.69, 9.17) is 4.42 Å². The van der Waals surface area contributed by atoms with Crippen molar-refractivity contribution in [2.75, 3.05) is 13.2 Å². The molecule has 0 fully saturated rings. The Morgan fingerprint density at radius 2 is 1.96 bits per heavy atom. The average molecular weight is 432 g/mol. The molecule has 27 heavy (non-hydrogen) atoms. The van der Waals surface area contributed by atoms with Gasteiger partial charge in [-0.25, -0.2) is 4.39 Å². The number of aliphatic hydroxyl groups excluding tert-OH is 1. The van der Waals surface area contributed by atoms with Gasteiger partial charge in [0.2, 0.25) is 5.76 Å². The number of carbonyl (C=O) groups excluding carboxylic acids is 1. The first-order valence-corrected chi connectivity index (χ1v) is 9.24. The summed E-state index contributed by atoms with van der Waals surface area (Å²) >= 11 is 3.33. The zero-order valence-electron chi connectivity index (χ0n) is 14.1. The summed E-state index contributed by atoms with van der Waals surface area (Å²) in [5.74, 6) is -1.06. The Labute approximate surface area is 162 Å². The van der Waals surface area contributed by atoms with E-state index in [-0.39, 0.29) is 35.5 Å². The normalized spacial score (nSPS) is 16.2. The van der Waals surface area contributed by atoms with Gasteiger partial charge < -0.3 is 14.4 Å². The first-order chi connectivity index (χ1) is 13.0. The highest BCUT2D eigenvalue weighted by Crippen LogP contribution is 2.39. The molecule has 0 radical (unpaired) electrons. The summed E-state index contributed by atoms with van der Waals surface area (Å²) in [4.78, 5) is 27.5. The highest BCUT2D eigenvalue weighted by molar-refractivity contribution is 9.10. The number of carbonyl (C=O) groups is 1. The number of aliphatic hydroxyl groups is 1. The molecule has 2 heterocycles. The third-order valence-electron chi connectivity index (χ3n) is 4.68. The quantitative estimate of drug-likeness (QED) is 0.684. The number of fused-ring (bicyclic) bond motifs is 2. The van der Waals surface area contributed by atoms with Crippen LogP contribution in [0.2, 0.25) is 0 Å². The Kier molecular flexibility index (Phi) is 4.57. The van der Waals surface area contributed by atoms with Crippen LogP contribution in [0, 0.1) is 5.82 Å². The second kappa shape index (κ2) is 6.90. The molecule has 2 aromatic carbocycles. The van der Waals surface area contributed by atoms with Crippen LogP contribution >= 0.6 is 15.9 Å². The van der Waals surface area contributed by atoms with Crippen molar-refractivity contribution >= 4 is 32.8 Å². The van der Waals surface area contributed by atoms with Crippen LogP contribution in [-0.2, 0) is 0 Å². The number of rotatable bonds is 4. The third kappa shape index (κ3) is 2.87. The van der Waals surface area contributed by atoms with E-state index in [1.165, 1.54) is 11.0 Å². The van der Waals surface area contributed by atoms with Crippen molar-refractivity contribution in [2.24, 2.45) is 0 Å². The van der Waals surface area contributed by atoms with E-state index in [2.05, 4.69) is 15.9 Å². The lowest BCUT2D eigenvalue weighted by atomic mass is 9.98. The zero-order valence-corrected chi connectivity index (χ0v) is 15.7. The molecule has 5 nitrogen and oxygen atoms in total. The minimum Gasteiger partial charge on any atom is -0.450 e. The van der Waals surface area contributed by atoms with Crippen LogP contribution in [0.4, 0.5) is 4.39 Å². The molecule has 0 spiro atoms. The fourth-order valence-electron chi connectivity index (χ4n) is 3.48. The van der Waals surface area contributed by atoms with Crippen molar-refractivity contribution in [3.05, 3.63) is 79.9 Å². The monoisotopic (exact) mass is 431 g/mol. The molecule has 3 aromatic rings. The molecule has 1 unspecified atom stereocenters. The van der Waals surface area contributed by atoms with Crippen molar-refractivity contribution in [1.82, 2.24) is 4.90 Å². The predicted octanol–water partition coefficient (Wildman–Crippen LogP) is 3.62. The van der Waals surface area contributed by atoms with Crippen LogP contribution in [0.3, 0.4) is 0 Å². The van der Waals surface area contributed by atoms with E-state index < -0.39 is 17.8 Å². The van der Waals surface area contributed by atoms with Gasteiger partial charge in [0.05, 0.1) is 17.0 Å². The fourth-order valence-corrected chi connectivity index (χ4v) is 3.85. The summed E-state index contributed by atoms with van der Waals surface area (Å²) in [6.07, 6.45) is 0.309. The summed E-state index contributed by atoms with van der Waals surface area (Å²) < 4.78 is 21.0. The molecular weight excluding hydrogens is 417 g/mol. The molecule has 7 heteroatoms. The Morgan fingerprint density at radius 3 is 2.70 bits per heavy atom. The highest BCUT2D eigenvalue weighted by atomic mass is 79.9. The van der Waals surface area contributed by atoms with E-state index in [0.717, 1.165) is 0 Å². The maximum Gasteiger partial charge on any atom is 0.290 e. The molecule has 1 atom stereocenters. The Hall–Kier alpha value is -2.51. The summed E-state index contributed by atoms with van der Waals surface area (Å²) in [6, 6.07) is 10.1. The molecule has 138 valence electrons. The van der Waals surface area contributed by atoms with E-state index in [1.54, 1.807) is 36.4 Å². The Morgan fingerprint density at radius 1 is 1.19 bits per heavy atom. The highest BCUT2D eigenvalue weighted by Gasteiger charge is 2.43. The minimum atomic E-state index is -0.889. The first-order valence-electron chi connectivity index (χ1n) is 8.45. The molecule has 0 bridgehead atoms. The number of halogens is 2. The molecule has 0 saturated carbocycles. The number of hydrogen-bond donors (Lipinski definition) is 1. The molecular formula is C20H15BrFNO4. The Balaban J connectivity index is 2.00. The van der Waals surface area contributed by atoms with Gasteiger partial charge in [-0.2, -0.15) is 0 Å². The van der Waals surface area contributed by atoms with Crippen molar-refractivity contribution in [1.29, 1.82) is 0 Å². The Bertz CT molecular complexity index is 1110. The molecule has 0 aliphatic carbocycles. The van der Waals surface area contributed by atoms with Gasteiger partial charge >= 0.3 is 0 Å². The largest absolute Gasteiger partial charge is 0.450 e. The summed E-state index contributed by atoms with van der Waals surface area (Å²) in [5.41, 5.74) is 0.296. The number of nitrogens with zero attached hydrogens (tertiary/aromatic N) is 1. The van der Waals surface area contributed by atoms with Crippen molar-refractivity contribution < 1.29 is 18.7 Å². The SMILES string of the molecule is O=C1c2oc3ccc(Br)cc3c(=O)c2C(c2ccccc2F)N1CCCO. The third-order valence-corrected chi connectivity index (χ3v) is 5.18. The number of benzene rings is 2. The second-order valence-electron chi connectivity index (χ2n) is 6.31. The van der Waals surface area contributed by atoms with E-state index in [0.29, 0.717) is 21.9 Å². The fraction of sp³-hybridized carbons (Fsp3) is 0.200. The predicted molar refractivity (Wildman–Crippen MR) is 101 cm³/mol. The van der Waals surface area contributed by atoms with E-state index in [9.17, 15) is 19.1 Å². The maximum atomic E-state index is 14.5. The molecule has 1 amide bonds. The zero-order chi connectivity index (χ0) is 19.1. The summed E-state index contributed by atoms with van der Waals surface area (Å²) in [5, 5.41) is 9.50. The van der Waals surface area contributed by atoms with Crippen LogP contribution in [-0.4, -0.2) is 29.1 Å². The lowest BCUT2D eigenvalue weighted by molar-refractivity contribution is 0.0714. The van der Waals surface area contributed by atoms with Crippen LogP contribution in [0.1, 0.15) is 34.1 Å². The topological polar surface area (TPSA) is 70.8 Å². The van der Waals surface area contributed by atoms with Crippen molar-refractivity contribution in [3.63, 3.8) is 0 Å². The van der Waals surface area contributed by atoms with E-state index in [1.807, 2.05) is 0 Å². The molecule has 0 saturated heterocycles. The summed E-state index contributed by atoms with van der Waals surface area (Å²) in [7, 11) is 0. The smallest absolute Gasteiger partial charge is 0.290 e. The van der Waals surface area contributed by atoms with Crippen LogP contribution < -0.4 is 5.43 Å². The lowest BCUT2D eigenvalue weighted by Gasteiger charge is -2.25. The van der Waals surface area contributed by atoms with Crippen molar-refractivity contribution in [3.8, 4) is 0 Å². The second-order valence-corrected chi connectivity index (χ2v) is 7.23. The lowest BCUT2D eigenvalue weighted by Crippen LogP contribution is -2.31. The molecule has 1 aromatic heterocycles. The van der Waals surface area contributed by atoms with Crippen LogP contribution in [0.25, 0.3) is 11.0 Å². The van der Waals surface area contributed by atoms with Gasteiger partial charge in [-0.05, 0) is 30.7 Å². The van der Waals surface area contributed by atoms with Gasteiger partial charge in [-0.1, -0.05) is 34.1 Å². The average Bonchev–Trinajstić information content (AvgIpc) is 2.93. The summed E-state index contributed by atoms with van der Waals surface area (Å²) in [6.45, 7) is 0.0540. The molecule has 1 N–H and O–H groups in total. The molecule has 1 aliphatic rings. The van der Waals surface area contributed by atoms with E-state index >= 15 is 0 Å². The number of amides is 1. The maximum absolute atomic E-state index is 14.5. The van der Waals surface area contributed by atoms with Crippen molar-refractivity contribution in [2.45, 2.75) is 12.5 Å². The molecule has 4 rings (SSSR count). The minimum absolute atomic E-state index is 0.0685. The number of hydrogen-bond acceptors (Lipinski definition) is 4. The van der Waals surface area contributed by atoms with Gasteiger partial charge in [0.15, 0.2) is 5.43 Å². The standard InChI is InChI=1S/C20H15BrFNO4/c21-11-6-7-15-13(10-11)18(25)16-17(12-4-1-2-5-14(12)22)23(8-3-9-24)20(26)19(16)27-15/h1-2,4-7,10,17,24H,3,8-9H2. The van der Waals surface area contributed by atoms with Gasteiger partial charge in [0, 0.05) is 23.2 Å². The van der Waals surface area contributed by atoms with Gasteiger partial charge in [0.1, 0.15) is 11.4 Å². The van der Waals surface area contributed by atoms with Crippen LogP contribution in [0.15, 0.2) is 56.1 Å². The molecule has 1 aliphatic heterocycles. The van der Waals surface area contributed by atoms with Gasteiger partial charge in [-0.15, -0.1) is 0 Å².